The Morgan fingerprint density at radius 1 is 0.809 bits per heavy atom. The van der Waals surface area contributed by atoms with E-state index in [0.29, 0.717) is 29.2 Å². The molecule has 1 fully saturated rings. The number of carbonyl (C=O) groups excluding carboxylic acids is 1. The molecule has 0 saturated carbocycles. The van der Waals surface area contributed by atoms with Crippen molar-refractivity contribution in [2.75, 3.05) is 33.0 Å². The number of hydrogen-bond acceptors (Lipinski definition) is 7. The quantitative estimate of drug-likeness (QED) is 0.271. The van der Waals surface area contributed by atoms with Crippen molar-refractivity contribution in [2.24, 2.45) is 0 Å². The summed E-state index contributed by atoms with van der Waals surface area (Å²) in [6.07, 6.45) is -10.2. The lowest BCUT2D eigenvalue weighted by Crippen LogP contribution is -2.42. The number of piperazine rings is 1. The van der Waals surface area contributed by atoms with Gasteiger partial charge in [-0.05, 0) is 53.1 Å². The number of fused-ring (bicyclic) bond motifs is 1. The molecule has 0 aromatic heterocycles. The molecule has 0 spiro atoms. The SMILES string of the molecule is O=C(NCc1ccc(F)c(-c2cccc(CN3CCNCC3)c2)c1)c1ccc2c(c1)OCO2.O=C(O)C(F)(F)F.O=C(O)C(F)(F)F. The monoisotopic (exact) mass is 675 g/mol. The molecule has 0 unspecified atom stereocenters. The third-order valence-corrected chi connectivity index (χ3v) is 6.46. The molecular weight excluding hydrogens is 647 g/mol. The van der Waals surface area contributed by atoms with Gasteiger partial charge in [0.15, 0.2) is 11.5 Å². The lowest BCUT2D eigenvalue weighted by atomic mass is 10.00. The molecule has 3 aromatic rings. The second-order valence-electron chi connectivity index (χ2n) is 9.90. The van der Waals surface area contributed by atoms with Crippen molar-refractivity contribution in [3.05, 3.63) is 83.2 Å². The van der Waals surface area contributed by atoms with Gasteiger partial charge in [0.2, 0.25) is 6.79 Å². The number of rotatable bonds is 6. The van der Waals surface area contributed by atoms with Crippen LogP contribution in [0.5, 0.6) is 11.5 Å². The molecule has 3 aromatic carbocycles. The Balaban J connectivity index is 0.000000360. The van der Waals surface area contributed by atoms with Crippen LogP contribution in [0, 0.1) is 5.82 Å². The fourth-order valence-electron chi connectivity index (χ4n) is 4.19. The highest BCUT2D eigenvalue weighted by molar-refractivity contribution is 5.94. The Kier molecular flexibility index (Phi) is 12.5. The second-order valence-corrected chi connectivity index (χ2v) is 9.90. The van der Waals surface area contributed by atoms with Crippen LogP contribution in [0.3, 0.4) is 0 Å². The van der Waals surface area contributed by atoms with Gasteiger partial charge in [-0.15, -0.1) is 0 Å². The van der Waals surface area contributed by atoms with Gasteiger partial charge in [-0.1, -0.05) is 24.3 Å². The molecule has 5 rings (SSSR count). The summed E-state index contributed by atoms with van der Waals surface area (Å²) in [6.45, 7) is 5.32. The fraction of sp³-hybridized carbons (Fsp3) is 0.300. The van der Waals surface area contributed by atoms with Gasteiger partial charge in [-0.2, -0.15) is 26.3 Å². The van der Waals surface area contributed by atoms with E-state index in [9.17, 15) is 35.5 Å². The van der Waals surface area contributed by atoms with Crippen LogP contribution >= 0.6 is 0 Å². The predicted molar refractivity (Wildman–Crippen MR) is 151 cm³/mol. The number of hydrogen-bond donors (Lipinski definition) is 4. The Hall–Kier alpha value is -4.90. The van der Waals surface area contributed by atoms with Gasteiger partial charge in [0.25, 0.3) is 5.91 Å². The van der Waals surface area contributed by atoms with Crippen molar-refractivity contribution in [1.82, 2.24) is 15.5 Å². The van der Waals surface area contributed by atoms with Crippen molar-refractivity contribution in [2.45, 2.75) is 25.4 Å². The maximum absolute atomic E-state index is 14.7. The minimum absolute atomic E-state index is 0.162. The van der Waals surface area contributed by atoms with Crippen molar-refractivity contribution < 1.29 is 64.8 Å². The number of aliphatic carboxylic acids is 2. The third kappa shape index (κ3) is 11.4. The summed E-state index contributed by atoms with van der Waals surface area (Å²) in [5.41, 5.74) is 3.85. The molecule has 17 heteroatoms. The first-order chi connectivity index (χ1) is 22.0. The molecule has 0 aliphatic carbocycles. The van der Waals surface area contributed by atoms with Crippen LogP contribution in [-0.2, 0) is 22.7 Å². The Morgan fingerprint density at radius 2 is 1.43 bits per heavy atom. The summed E-state index contributed by atoms with van der Waals surface area (Å²) in [4.78, 5) is 32.8. The summed E-state index contributed by atoms with van der Waals surface area (Å²) in [5.74, 6) is -4.82. The van der Waals surface area contributed by atoms with Crippen LogP contribution in [-0.4, -0.2) is 78.3 Å². The van der Waals surface area contributed by atoms with E-state index in [1.165, 1.54) is 6.07 Å². The van der Waals surface area contributed by atoms with Gasteiger partial charge in [0.1, 0.15) is 5.82 Å². The minimum Gasteiger partial charge on any atom is -0.475 e. The van der Waals surface area contributed by atoms with Gasteiger partial charge in [-0.3, -0.25) is 9.69 Å². The molecule has 47 heavy (non-hydrogen) atoms. The van der Waals surface area contributed by atoms with Gasteiger partial charge < -0.3 is 30.3 Å². The number of nitrogens with one attached hydrogen (secondary N) is 2. The highest BCUT2D eigenvalue weighted by Crippen LogP contribution is 2.32. The number of carbonyl (C=O) groups is 3. The van der Waals surface area contributed by atoms with Crippen LogP contribution in [0.25, 0.3) is 11.1 Å². The van der Waals surface area contributed by atoms with E-state index in [1.807, 2.05) is 12.1 Å². The molecule has 4 N–H and O–H groups in total. The molecule has 1 amide bonds. The minimum atomic E-state index is -5.08. The van der Waals surface area contributed by atoms with Crippen LogP contribution in [0.4, 0.5) is 30.7 Å². The first-order valence-electron chi connectivity index (χ1n) is 13.6. The van der Waals surface area contributed by atoms with Gasteiger partial charge in [-0.25, -0.2) is 14.0 Å². The molecule has 0 atom stereocenters. The van der Waals surface area contributed by atoms with E-state index in [1.54, 1.807) is 30.3 Å². The molecular formula is C30H28F7N3O7. The first kappa shape index (κ1) is 36.6. The standard InChI is InChI=1S/C26H26FN3O3.2C2HF3O2/c27-23-6-4-18(15-29-26(31)21-5-7-24-25(14-21)33-17-32-24)13-22(23)20-3-1-2-19(12-20)16-30-10-8-28-9-11-30;2*3-2(4,5)1(6)7/h1-7,12-14,28H,8-11,15-17H2,(H,29,31);2*(H,6,7). The highest BCUT2D eigenvalue weighted by Gasteiger charge is 2.38. The largest absolute Gasteiger partial charge is 0.490 e. The number of amides is 1. The van der Waals surface area contributed by atoms with Crippen LogP contribution < -0.4 is 20.1 Å². The molecule has 0 bridgehead atoms. The molecule has 0 radical (unpaired) electrons. The maximum atomic E-state index is 14.7. The van der Waals surface area contributed by atoms with Crippen molar-refractivity contribution >= 4 is 17.8 Å². The third-order valence-electron chi connectivity index (χ3n) is 6.46. The molecule has 254 valence electrons. The second kappa shape index (κ2) is 16.1. The normalized spacial score (nSPS) is 14.2. The lowest BCUT2D eigenvalue weighted by molar-refractivity contribution is -0.193. The number of nitrogens with zero attached hydrogens (tertiary/aromatic N) is 1. The average Bonchev–Trinajstić information content (AvgIpc) is 3.49. The maximum Gasteiger partial charge on any atom is 0.490 e. The fourth-order valence-corrected chi connectivity index (χ4v) is 4.19. The van der Waals surface area contributed by atoms with Crippen LogP contribution in [0.15, 0.2) is 60.7 Å². The summed E-state index contributed by atoms with van der Waals surface area (Å²) in [5, 5.41) is 20.5. The van der Waals surface area contributed by atoms with E-state index in [2.05, 4.69) is 27.7 Å². The molecule has 2 heterocycles. The summed E-state index contributed by atoms with van der Waals surface area (Å²) < 4.78 is 88.8. The number of alkyl halides is 6. The summed E-state index contributed by atoms with van der Waals surface area (Å²) >= 11 is 0. The molecule has 2 aliphatic rings. The zero-order valence-electron chi connectivity index (χ0n) is 24.3. The number of carboxylic acids is 2. The Bertz CT molecular complexity index is 1540. The van der Waals surface area contributed by atoms with E-state index >= 15 is 0 Å². The van der Waals surface area contributed by atoms with Gasteiger partial charge >= 0.3 is 24.3 Å². The zero-order valence-corrected chi connectivity index (χ0v) is 24.3. The molecule has 10 nitrogen and oxygen atoms in total. The lowest BCUT2D eigenvalue weighted by Gasteiger charge is -2.27. The number of halogens is 7. The summed E-state index contributed by atoms with van der Waals surface area (Å²) in [6, 6.07) is 18.1. The van der Waals surface area contributed by atoms with Crippen molar-refractivity contribution in [3.8, 4) is 22.6 Å². The highest BCUT2D eigenvalue weighted by atomic mass is 19.4. The smallest absolute Gasteiger partial charge is 0.475 e. The number of ether oxygens (including phenoxy) is 2. The van der Waals surface area contributed by atoms with E-state index in [4.69, 9.17) is 29.3 Å². The topological polar surface area (TPSA) is 137 Å². The number of benzene rings is 3. The van der Waals surface area contributed by atoms with Crippen LogP contribution in [0.1, 0.15) is 21.5 Å². The Morgan fingerprint density at radius 3 is 2.04 bits per heavy atom. The summed E-state index contributed by atoms with van der Waals surface area (Å²) in [7, 11) is 0. The molecule has 1 saturated heterocycles. The van der Waals surface area contributed by atoms with Gasteiger partial charge in [0.05, 0.1) is 0 Å². The van der Waals surface area contributed by atoms with Crippen molar-refractivity contribution in [3.63, 3.8) is 0 Å². The van der Waals surface area contributed by atoms with E-state index in [-0.39, 0.29) is 18.5 Å². The first-order valence-corrected chi connectivity index (χ1v) is 13.6. The van der Waals surface area contributed by atoms with Crippen LogP contribution in [0.2, 0.25) is 0 Å². The average molecular weight is 676 g/mol. The predicted octanol–water partition coefficient (Wildman–Crippen LogP) is 4.82. The van der Waals surface area contributed by atoms with Crippen molar-refractivity contribution in [1.29, 1.82) is 0 Å². The van der Waals surface area contributed by atoms with E-state index < -0.39 is 24.3 Å². The van der Waals surface area contributed by atoms with E-state index in [0.717, 1.165) is 49.4 Å². The van der Waals surface area contributed by atoms with Gasteiger partial charge in [0, 0.05) is 50.4 Å². The Labute approximate surface area is 262 Å². The molecule has 2 aliphatic heterocycles. The zero-order chi connectivity index (χ0) is 34.8. The number of carboxylic acid groups (broad SMARTS) is 2.